The molecule has 1 atom stereocenters. The first-order chi connectivity index (χ1) is 11.7. The molecule has 1 aliphatic rings. The first kappa shape index (κ1) is 16.7. The molecule has 0 radical (unpaired) electrons. The second kappa shape index (κ2) is 7.59. The van der Waals surface area contributed by atoms with Crippen LogP contribution in [-0.4, -0.2) is 53.6 Å². The highest BCUT2D eigenvalue weighted by molar-refractivity contribution is 5.45. The van der Waals surface area contributed by atoms with Crippen molar-refractivity contribution in [2.24, 2.45) is 0 Å². The highest BCUT2D eigenvalue weighted by atomic mass is 16.5. The second-order valence-corrected chi connectivity index (χ2v) is 5.97. The fourth-order valence-corrected chi connectivity index (χ4v) is 2.69. The van der Waals surface area contributed by atoms with Gasteiger partial charge in [-0.15, -0.1) is 0 Å². The smallest absolute Gasteiger partial charge is 0.224 e. The van der Waals surface area contributed by atoms with Gasteiger partial charge in [-0.25, -0.2) is 4.98 Å². The van der Waals surface area contributed by atoms with Crippen molar-refractivity contribution in [1.82, 2.24) is 15.1 Å². The van der Waals surface area contributed by atoms with Gasteiger partial charge in [0.25, 0.3) is 0 Å². The van der Waals surface area contributed by atoms with Crippen LogP contribution in [0.5, 0.6) is 0 Å². The number of aryl methyl sites for hydroxylation is 1. The molecule has 3 heterocycles. The highest BCUT2D eigenvalue weighted by Gasteiger charge is 2.21. The Labute approximate surface area is 140 Å². The van der Waals surface area contributed by atoms with E-state index in [4.69, 9.17) is 14.4 Å². The zero-order valence-corrected chi connectivity index (χ0v) is 14.0. The summed E-state index contributed by atoms with van der Waals surface area (Å²) in [6.07, 6.45) is 0.960. The zero-order chi connectivity index (χ0) is 16.9. The third-order valence-corrected chi connectivity index (χ3v) is 3.94. The van der Waals surface area contributed by atoms with Crippen LogP contribution < -0.4 is 10.2 Å². The van der Waals surface area contributed by atoms with Gasteiger partial charge in [0.05, 0.1) is 25.5 Å². The van der Waals surface area contributed by atoms with Gasteiger partial charge in [0.2, 0.25) is 5.95 Å². The molecule has 2 aromatic rings. The molecule has 2 N–H and O–H groups in total. The van der Waals surface area contributed by atoms with Crippen LogP contribution in [0.4, 0.5) is 11.8 Å². The molecule has 130 valence electrons. The normalized spacial score (nSPS) is 17.2. The third kappa shape index (κ3) is 4.01. The van der Waals surface area contributed by atoms with Crippen molar-refractivity contribution in [3.63, 3.8) is 0 Å². The van der Waals surface area contributed by atoms with Crippen molar-refractivity contribution in [3.8, 4) is 0 Å². The van der Waals surface area contributed by atoms with Gasteiger partial charge in [0, 0.05) is 38.2 Å². The molecule has 0 saturated carbocycles. The Kier molecular flexibility index (Phi) is 5.27. The SMILES string of the molecule is Cc1cc(CN(C)c2cc([C@H]3CCOC3)nc(NCCO)n2)no1. The van der Waals surface area contributed by atoms with E-state index in [1.807, 2.05) is 31.0 Å². The number of hydrogen-bond donors (Lipinski definition) is 2. The van der Waals surface area contributed by atoms with Gasteiger partial charge < -0.3 is 24.6 Å². The summed E-state index contributed by atoms with van der Waals surface area (Å²) in [5.41, 5.74) is 1.81. The average molecular weight is 333 g/mol. The molecule has 2 aromatic heterocycles. The number of nitrogens with zero attached hydrogens (tertiary/aromatic N) is 4. The lowest BCUT2D eigenvalue weighted by molar-refractivity contribution is 0.193. The van der Waals surface area contributed by atoms with Crippen molar-refractivity contribution >= 4 is 11.8 Å². The maximum absolute atomic E-state index is 9.02. The van der Waals surface area contributed by atoms with E-state index >= 15 is 0 Å². The molecule has 0 bridgehead atoms. The summed E-state index contributed by atoms with van der Waals surface area (Å²) in [6, 6.07) is 3.91. The monoisotopic (exact) mass is 333 g/mol. The molecule has 1 fully saturated rings. The second-order valence-electron chi connectivity index (χ2n) is 5.97. The predicted molar refractivity (Wildman–Crippen MR) is 89.1 cm³/mol. The van der Waals surface area contributed by atoms with Crippen LogP contribution in [0.1, 0.15) is 29.5 Å². The van der Waals surface area contributed by atoms with Crippen LogP contribution >= 0.6 is 0 Å². The Bertz CT molecular complexity index is 669. The van der Waals surface area contributed by atoms with E-state index in [9.17, 15) is 0 Å². The first-order valence-electron chi connectivity index (χ1n) is 8.10. The first-order valence-corrected chi connectivity index (χ1v) is 8.10. The third-order valence-electron chi connectivity index (χ3n) is 3.94. The van der Waals surface area contributed by atoms with Gasteiger partial charge in [-0.1, -0.05) is 5.16 Å². The Balaban J connectivity index is 1.82. The van der Waals surface area contributed by atoms with Gasteiger partial charge in [0.15, 0.2) is 0 Å². The van der Waals surface area contributed by atoms with Gasteiger partial charge in [-0.3, -0.25) is 0 Å². The summed E-state index contributed by atoms with van der Waals surface area (Å²) >= 11 is 0. The Morgan fingerprint density at radius 3 is 2.92 bits per heavy atom. The van der Waals surface area contributed by atoms with E-state index in [1.165, 1.54) is 0 Å². The lowest BCUT2D eigenvalue weighted by Crippen LogP contribution is -2.20. The van der Waals surface area contributed by atoms with Crippen molar-refractivity contribution in [2.45, 2.75) is 25.8 Å². The molecule has 8 nitrogen and oxygen atoms in total. The summed E-state index contributed by atoms with van der Waals surface area (Å²) in [7, 11) is 1.96. The van der Waals surface area contributed by atoms with Crippen LogP contribution in [0.2, 0.25) is 0 Å². The van der Waals surface area contributed by atoms with Crippen LogP contribution in [0, 0.1) is 6.92 Å². The maximum Gasteiger partial charge on any atom is 0.224 e. The average Bonchev–Trinajstić information content (AvgIpc) is 3.24. The van der Waals surface area contributed by atoms with E-state index in [0.29, 0.717) is 25.6 Å². The molecular formula is C16H23N5O3. The maximum atomic E-state index is 9.02. The van der Waals surface area contributed by atoms with E-state index < -0.39 is 0 Å². The van der Waals surface area contributed by atoms with E-state index in [1.54, 1.807) is 0 Å². The van der Waals surface area contributed by atoms with Crippen LogP contribution in [0.15, 0.2) is 16.7 Å². The Morgan fingerprint density at radius 1 is 1.38 bits per heavy atom. The number of nitrogens with one attached hydrogen (secondary N) is 1. The fourth-order valence-electron chi connectivity index (χ4n) is 2.69. The topological polar surface area (TPSA) is 96.5 Å². The van der Waals surface area contributed by atoms with Crippen molar-refractivity contribution in [2.75, 3.05) is 43.6 Å². The van der Waals surface area contributed by atoms with Crippen molar-refractivity contribution in [3.05, 3.63) is 29.3 Å². The Hall–Kier alpha value is -2.19. The number of anilines is 2. The fraction of sp³-hybridized carbons (Fsp3) is 0.562. The molecule has 0 aliphatic carbocycles. The van der Waals surface area contributed by atoms with E-state index in [2.05, 4.69) is 20.4 Å². The van der Waals surface area contributed by atoms with Crippen LogP contribution in [0.25, 0.3) is 0 Å². The minimum absolute atomic E-state index is 0.0313. The molecule has 1 aliphatic heterocycles. The molecular weight excluding hydrogens is 310 g/mol. The molecule has 0 aromatic carbocycles. The molecule has 0 spiro atoms. The summed E-state index contributed by atoms with van der Waals surface area (Å²) in [4.78, 5) is 11.1. The minimum Gasteiger partial charge on any atom is -0.395 e. The summed E-state index contributed by atoms with van der Waals surface area (Å²) in [5.74, 6) is 2.39. The highest BCUT2D eigenvalue weighted by Crippen LogP contribution is 2.27. The van der Waals surface area contributed by atoms with Crippen LogP contribution in [0.3, 0.4) is 0 Å². The number of aliphatic hydroxyl groups excluding tert-OH is 1. The summed E-state index contributed by atoms with van der Waals surface area (Å²) in [5, 5.41) is 16.1. The lowest BCUT2D eigenvalue weighted by atomic mass is 10.0. The summed E-state index contributed by atoms with van der Waals surface area (Å²) in [6.45, 7) is 4.35. The van der Waals surface area contributed by atoms with Crippen LogP contribution in [-0.2, 0) is 11.3 Å². The standard InChI is InChI=1S/C16H23N5O3/c1-11-7-13(20-24-11)9-21(2)15-8-14(12-3-6-23-10-12)18-16(19-15)17-4-5-22/h7-8,12,22H,3-6,9-10H2,1-2H3,(H,17,18,19)/t12-/m0/s1. The van der Waals surface area contributed by atoms with Crippen molar-refractivity contribution < 1.29 is 14.4 Å². The van der Waals surface area contributed by atoms with E-state index in [0.717, 1.165) is 36.0 Å². The molecule has 3 rings (SSSR count). The number of hydrogen-bond acceptors (Lipinski definition) is 8. The largest absolute Gasteiger partial charge is 0.395 e. The number of aromatic nitrogens is 3. The van der Waals surface area contributed by atoms with Gasteiger partial charge in [-0.2, -0.15) is 4.98 Å². The van der Waals surface area contributed by atoms with Crippen molar-refractivity contribution in [1.29, 1.82) is 0 Å². The zero-order valence-electron chi connectivity index (χ0n) is 14.0. The summed E-state index contributed by atoms with van der Waals surface area (Å²) < 4.78 is 10.6. The molecule has 1 saturated heterocycles. The quantitative estimate of drug-likeness (QED) is 0.783. The Morgan fingerprint density at radius 2 is 2.25 bits per heavy atom. The molecule has 24 heavy (non-hydrogen) atoms. The molecule has 8 heteroatoms. The lowest BCUT2D eigenvalue weighted by Gasteiger charge is -2.19. The minimum atomic E-state index is 0.0313. The van der Waals surface area contributed by atoms with Gasteiger partial charge in [0.1, 0.15) is 17.3 Å². The van der Waals surface area contributed by atoms with Gasteiger partial charge >= 0.3 is 0 Å². The number of aliphatic hydroxyl groups is 1. The molecule has 0 unspecified atom stereocenters. The van der Waals surface area contributed by atoms with Gasteiger partial charge in [-0.05, 0) is 13.3 Å². The molecule has 0 amide bonds. The number of rotatable bonds is 7. The van der Waals surface area contributed by atoms with E-state index in [-0.39, 0.29) is 12.5 Å². The predicted octanol–water partition coefficient (Wildman–Crippen LogP) is 1.32. The number of ether oxygens (including phenoxy) is 1.